The summed E-state index contributed by atoms with van der Waals surface area (Å²) >= 11 is 1.67. The monoisotopic (exact) mass is 389 g/mol. The zero-order chi connectivity index (χ0) is 19.3. The van der Waals surface area contributed by atoms with E-state index in [1.165, 1.54) is 0 Å². The van der Waals surface area contributed by atoms with Crippen molar-refractivity contribution in [3.05, 3.63) is 65.7 Å². The number of para-hydroxylation sites is 1. The highest BCUT2D eigenvalue weighted by Gasteiger charge is 2.32. The van der Waals surface area contributed by atoms with Crippen LogP contribution in [0.5, 0.6) is 5.75 Å². The van der Waals surface area contributed by atoms with Crippen molar-refractivity contribution >= 4 is 33.1 Å². The fourth-order valence-corrected chi connectivity index (χ4v) is 4.56. The molecule has 3 aromatic rings. The first kappa shape index (κ1) is 18.2. The van der Waals surface area contributed by atoms with Crippen molar-refractivity contribution in [2.75, 3.05) is 11.9 Å². The van der Waals surface area contributed by atoms with Gasteiger partial charge in [-0.2, -0.15) is 5.26 Å². The Balaban J connectivity index is 1.50. The number of nitrogens with one attached hydrogen (secondary N) is 1. The number of thiazole rings is 1. The number of ether oxygens (including phenoxy) is 1. The smallest absolute Gasteiger partial charge is 0.228 e. The first-order valence-electron chi connectivity index (χ1n) is 9.16. The van der Waals surface area contributed by atoms with Gasteiger partial charge in [-0.3, -0.25) is 4.79 Å². The molecule has 2 aromatic carbocycles. The van der Waals surface area contributed by atoms with E-state index in [0.717, 1.165) is 21.6 Å². The highest BCUT2D eigenvalue weighted by molar-refractivity contribution is 7.18. The van der Waals surface area contributed by atoms with Gasteiger partial charge in [0.15, 0.2) is 6.61 Å². The van der Waals surface area contributed by atoms with Crippen LogP contribution in [0.25, 0.3) is 10.2 Å². The average Bonchev–Trinajstić information content (AvgIpc) is 3.17. The van der Waals surface area contributed by atoms with E-state index in [2.05, 4.69) is 23.5 Å². The molecule has 28 heavy (non-hydrogen) atoms. The number of carbonyl (C=O) groups excluding carboxylic acids is 1. The Morgan fingerprint density at radius 3 is 2.75 bits per heavy atom. The molecule has 0 radical (unpaired) electrons. The number of rotatable bonds is 5. The molecule has 1 amide bonds. The first-order chi connectivity index (χ1) is 13.7. The van der Waals surface area contributed by atoms with Crippen LogP contribution in [0.2, 0.25) is 0 Å². The Morgan fingerprint density at radius 1 is 1.18 bits per heavy atom. The van der Waals surface area contributed by atoms with Crippen molar-refractivity contribution in [2.45, 2.75) is 18.8 Å². The lowest BCUT2D eigenvalue weighted by Gasteiger charge is -2.26. The van der Waals surface area contributed by atoms with Gasteiger partial charge in [-0.1, -0.05) is 24.3 Å². The number of nitriles is 1. The molecule has 0 bridgehead atoms. The van der Waals surface area contributed by atoms with Crippen LogP contribution in [-0.2, 0) is 4.79 Å². The fourth-order valence-electron chi connectivity index (χ4n) is 3.41. The molecule has 1 N–H and O–H groups in total. The number of amides is 1. The van der Waals surface area contributed by atoms with Gasteiger partial charge in [-0.25, -0.2) is 4.98 Å². The predicted molar refractivity (Wildman–Crippen MR) is 110 cm³/mol. The standard InChI is InChI=1S/C22H19N3O2S/c23-13-14-27-16-11-9-15(10-12-16)24-21(26)17-5-1-2-6-18(17)22-25-19-7-3-4-8-20(19)28-22/h1-4,7-12,17-18H,5-6,14H2,(H,24,26). The summed E-state index contributed by atoms with van der Waals surface area (Å²) in [6, 6.07) is 17.1. The molecule has 6 heteroatoms. The van der Waals surface area contributed by atoms with Gasteiger partial charge in [-0.05, 0) is 49.2 Å². The van der Waals surface area contributed by atoms with Gasteiger partial charge >= 0.3 is 0 Å². The van der Waals surface area contributed by atoms with Crippen LogP contribution in [0.4, 0.5) is 5.69 Å². The van der Waals surface area contributed by atoms with Crippen LogP contribution in [0.15, 0.2) is 60.7 Å². The topological polar surface area (TPSA) is 75.0 Å². The summed E-state index contributed by atoms with van der Waals surface area (Å²) in [5.74, 6) is 0.535. The quantitative estimate of drug-likeness (QED) is 0.631. The Kier molecular flexibility index (Phi) is 5.36. The second kappa shape index (κ2) is 8.24. The maximum atomic E-state index is 13.0. The summed E-state index contributed by atoms with van der Waals surface area (Å²) in [7, 11) is 0. The minimum atomic E-state index is -0.153. The molecule has 2 atom stereocenters. The molecule has 1 aliphatic rings. The van der Waals surface area contributed by atoms with Crippen molar-refractivity contribution in [1.82, 2.24) is 4.98 Å². The van der Waals surface area contributed by atoms with Gasteiger partial charge < -0.3 is 10.1 Å². The molecule has 5 nitrogen and oxygen atoms in total. The number of fused-ring (bicyclic) bond motifs is 1. The minimum absolute atomic E-state index is 0.000649. The number of aromatic nitrogens is 1. The average molecular weight is 389 g/mol. The van der Waals surface area contributed by atoms with E-state index in [1.54, 1.807) is 35.6 Å². The normalized spacial score (nSPS) is 18.5. The van der Waals surface area contributed by atoms with Crippen molar-refractivity contribution in [2.24, 2.45) is 5.92 Å². The summed E-state index contributed by atoms with van der Waals surface area (Å²) in [6.45, 7) is 0.00393. The van der Waals surface area contributed by atoms with Crippen molar-refractivity contribution in [3.63, 3.8) is 0 Å². The number of benzene rings is 2. The highest BCUT2D eigenvalue weighted by atomic mass is 32.1. The molecule has 0 spiro atoms. The van der Waals surface area contributed by atoms with Gasteiger partial charge in [0.05, 0.1) is 21.1 Å². The second-order valence-corrected chi connectivity index (χ2v) is 7.70. The van der Waals surface area contributed by atoms with Gasteiger partial charge in [0.2, 0.25) is 5.91 Å². The van der Waals surface area contributed by atoms with E-state index in [9.17, 15) is 4.79 Å². The molecule has 0 saturated heterocycles. The Morgan fingerprint density at radius 2 is 1.96 bits per heavy atom. The van der Waals surface area contributed by atoms with Gasteiger partial charge in [-0.15, -0.1) is 11.3 Å². The predicted octanol–water partition coefficient (Wildman–Crippen LogP) is 4.89. The molecule has 2 unspecified atom stereocenters. The van der Waals surface area contributed by atoms with Crippen molar-refractivity contribution in [1.29, 1.82) is 5.26 Å². The van der Waals surface area contributed by atoms with Crippen molar-refractivity contribution in [3.8, 4) is 11.8 Å². The Hall–Kier alpha value is -3.17. The third kappa shape index (κ3) is 3.90. The molecule has 0 aliphatic heterocycles. The number of anilines is 1. The minimum Gasteiger partial charge on any atom is -0.479 e. The van der Waals surface area contributed by atoms with Crippen LogP contribution in [0.1, 0.15) is 23.8 Å². The van der Waals surface area contributed by atoms with Crippen LogP contribution in [0.3, 0.4) is 0 Å². The third-order valence-corrected chi connectivity index (χ3v) is 5.99. The number of carbonyl (C=O) groups is 1. The van der Waals surface area contributed by atoms with E-state index in [4.69, 9.17) is 15.0 Å². The van der Waals surface area contributed by atoms with Crippen LogP contribution in [-0.4, -0.2) is 17.5 Å². The lowest BCUT2D eigenvalue weighted by Crippen LogP contribution is -2.29. The summed E-state index contributed by atoms with van der Waals surface area (Å²) in [6.07, 6.45) is 5.74. The molecule has 0 saturated carbocycles. The van der Waals surface area contributed by atoms with Crippen LogP contribution >= 0.6 is 11.3 Å². The summed E-state index contributed by atoms with van der Waals surface area (Å²) in [4.78, 5) is 17.8. The van der Waals surface area contributed by atoms with Crippen molar-refractivity contribution < 1.29 is 9.53 Å². The second-order valence-electron chi connectivity index (χ2n) is 6.64. The number of hydrogen-bond donors (Lipinski definition) is 1. The fraction of sp³-hybridized carbons (Fsp3) is 0.227. The largest absolute Gasteiger partial charge is 0.479 e. The van der Waals surface area contributed by atoms with Crippen LogP contribution in [0, 0.1) is 17.2 Å². The molecule has 4 rings (SSSR count). The summed E-state index contributed by atoms with van der Waals surface area (Å²) in [5.41, 5.74) is 1.70. The molecule has 1 aromatic heterocycles. The molecular weight excluding hydrogens is 370 g/mol. The zero-order valence-electron chi connectivity index (χ0n) is 15.2. The highest BCUT2D eigenvalue weighted by Crippen LogP contribution is 2.39. The molecule has 1 aliphatic carbocycles. The number of nitrogens with zero attached hydrogens (tertiary/aromatic N) is 2. The maximum absolute atomic E-state index is 13.0. The van der Waals surface area contributed by atoms with E-state index in [1.807, 2.05) is 24.3 Å². The summed E-state index contributed by atoms with van der Waals surface area (Å²) in [5, 5.41) is 12.6. The van der Waals surface area contributed by atoms with Crippen LogP contribution < -0.4 is 10.1 Å². The SMILES string of the molecule is N#CCOc1ccc(NC(=O)C2CC=CCC2c2nc3ccccc3s2)cc1. The van der Waals surface area contributed by atoms with E-state index < -0.39 is 0 Å². The molecule has 1 heterocycles. The lowest BCUT2D eigenvalue weighted by atomic mass is 9.82. The molecule has 140 valence electrons. The molecular formula is C22H19N3O2S. The summed E-state index contributed by atoms with van der Waals surface area (Å²) < 4.78 is 6.40. The van der Waals surface area contributed by atoms with Gasteiger partial charge in [0.25, 0.3) is 0 Å². The molecule has 0 fully saturated rings. The van der Waals surface area contributed by atoms with Gasteiger partial charge in [0, 0.05) is 11.6 Å². The number of allylic oxidation sites excluding steroid dienone is 2. The van der Waals surface area contributed by atoms with E-state index in [-0.39, 0.29) is 24.3 Å². The lowest BCUT2D eigenvalue weighted by molar-refractivity contribution is -0.120. The number of hydrogen-bond acceptors (Lipinski definition) is 5. The zero-order valence-corrected chi connectivity index (χ0v) is 16.0. The third-order valence-electron chi connectivity index (χ3n) is 4.82. The Bertz CT molecular complexity index is 1020. The van der Waals surface area contributed by atoms with E-state index >= 15 is 0 Å². The van der Waals surface area contributed by atoms with Gasteiger partial charge in [0.1, 0.15) is 11.8 Å². The van der Waals surface area contributed by atoms with E-state index in [0.29, 0.717) is 17.9 Å². The first-order valence-corrected chi connectivity index (χ1v) is 9.97. The maximum Gasteiger partial charge on any atom is 0.228 e. The Labute approximate surface area is 167 Å².